The van der Waals surface area contributed by atoms with Crippen molar-refractivity contribution in [3.8, 4) is 0 Å². The second-order valence-electron chi connectivity index (χ2n) is 8.83. The Hall–Kier alpha value is -3.35. The molecule has 2 saturated carbocycles. The minimum atomic E-state index is -0.580. The lowest BCUT2D eigenvalue weighted by Gasteiger charge is -2.12. The number of likely N-dealkylation sites (N-methyl/N-ethyl adjacent to an activating group) is 1. The summed E-state index contributed by atoms with van der Waals surface area (Å²) in [4.78, 5) is 43.3. The first-order valence-corrected chi connectivity index (χ1v) is 10.3. The van der Waals surface area contributed by atoms with Crippen LogP contribution in [0.15, 0.2) is 41.3 Å². The number of benzene rings is 1. The Kier molecular flexibility index (Phi) is 3.28. The standard InChI is InChI=1S/C23H22N4O3/c1-26-11-14(13-9-17(25-19(13)21(26)29)20(28)24-12-7-8-12)16-10-23(16)15-5-3-4-6-18(15)27(2)22(23)30/h3-6,9,11-12,16,25H,7-8,10H2,1-2H3,(H,24,28)/t16-,23-/m1/s1. The molecular formula is C23H22N4O3. The maximum atomic E-state index is 13.2. The van der Waals surface area contributed by atoms with E-state index in [1.54, 1.807) is 18.0 Å². The molecule has 0 bridgehead atoms. The molecule has 1 spiro atoms. The maximum absolute atomic E-state index is 13.2. The summed E-state index contributed by atoms with van der Waals surface area (Å²) in [5, 5.41) is 3.70. The van der Waals surface area contributed by atoms with Crippen LogP contribution < -0.4 is 15.8 Å². The van der Waals surface area contributed by atoms with Crippen molar-refractivity contribution in [2.45, 2.75) is 36.6 Å². The number of nitrogens with one attached hydrogen (secondary N) is 2. The second kappa shape index (κ2) is 5.62. The van der Waals surface area contributed by atoms with E-state index in [-0.39, 0.29) is 29.3 Å². The number of rotatable bonds is 3. The first-order valence-electron chi connectivity index (χ1n) is 10.3. The number of hydrogen-bond acceptors (Lipinski definition) is 3. The molecule has 1 aliphatic heterocycles. The maximum Gasteiger partial charge on any atom is 0.274 e. The number of hydrogen-bond donors (Lipinski definition) is 2. The van der Waals surface area contributed by atoms with Crippen molar-refractivity contribution in [2.75, 3.05) is 11.9 Å². The van der Waals surface area contributed by atoms with Gasteiger partial charge >= 0.3 is 0 Å². The normalized spacial score (nSPS) is 24.5. The summed E-state index contributed by atoms with van der Waals surface area (Å²) < 4.78 is 1.54. The van der Waals surface area contributed by atoms with Crippen LogP contribution in [-0.2, 0) is 17.3 Å². The van der Waals surface area contributed by atoms with Crippen LogP contribution >= 0.6 is 0 Å². The van der Waals surface area contributed by atoms with Gasteiger partial charge < -0.3 is 19.8 Å². The quantitative estimate of drug-likeness (QED) is 0.704. The number of aromatic nitrogens is 2. The first-order chi connectivity index (χ1) is 14.4. The molecular weight excluding hydrogens is 380 g/mol. The number of carbonyl (C=O) groups is 2. The highest BCUT2D eigenvalue weighted by molar-refractivity contribution is 6.11. The van der Waals surface area contributed by atoms with Crippen LogP contribution in [0.25, 0.3) is 10.9 Å². The van der Waals surface area contributed by atoms with E-state index < -0.39 is 5.41 Å². The van der Waals surface area contributed by atoms with Crippen LogP contribution in [-0.4, -0.2) is 34.5 Å². The Labute approximate surface area is 172 Å². The Balaban J connectivity index is 1.49. The fraction of sp³-hybridized carbons (Fsp3) is 0.348. The number of amides is 2. The van der Waals surface area contributed by atoms with Crippen LogP contribution in [0.4, 0.5) is 5.69 Å². The minimum absolute atomic E-state index is 0.0273. The highest BCUT2D eigenvalue weighted by Gasteiger charge is 2.67. The third-order valence-corrected chi connectivity index (χ3v) is 6.92. The number of para-hydroxylation sites is 1. The van der Waals surface area contributed by atoms with Crippen molar-refractivity contribution in [2.24, 2.45) is 7.05 Å². The van der Waals surface area contributed by atoms with Gasteiger partial charge in [0.1, 0.15) is 11.2 Å². The molecule has 7 heteroatoms. The van der Waals surface area contributed by atoms with Crippen molar-refractivity contribution in [3.05, 3.63) is 63.7 Å². The summed E-state index contributed by atoms with van der Waals surface area (Å²) in [6.45, 7) is 0. The Morgan fingerprint density at radius 3 is 2.73 bits per heavy atom. The van der Waals surface area contributed by atoms with E-state index in [9.17, 15) is 14.4 Å². The van der Waals surface area contributed by atoms with E-state index in [1.165, 1.54) is 4.57 Å². The highest BCUT2D eigenvalue weighted by Crippen LogP contribution is 2.66. The van der Waals surface area contributed by atoms with Gasteiger partial charge in [-0.1, -0.05) is 18.2 Å². The SMILES string of the molecule is CN1C(=O)[C@]2(C[C@@H]2c2cn(C)c(=O)c3[nH]c(C(=O)NC4CC4)cc23)c2ccccc21. The summed E-state index contributed by atoms with van der Waals surface area (Å²) in [5.74, 6) is -0.118. The summed E-state index contributed by atoms with van der Waals surface area (Å²) in [7, 11) is 3.53. The van der Waals surface area contributed by atoms with Crippen LogP contribution in [0.3, 0.4) is 0 Å². The Bertz CT molecular complexity index is 1320. The number of nitrogens with zero attached hydrogens (tertiary/aromatic N) is 2. The molecule has 152 valence electrons. The van der Waals surface area contributed by atoms with Crippen molar-refractivity contribution >= 4 is 28.4 Å². The minimum Gasteiger partial charge on any atom is -0.348 e. The number of H-pyrrole nitrogens is 1. The molecule has 2 atom stereocenters. The highest BCUT2D eigenvalue weighted by atomic mass is 16.2. The van der Waals surface area contributed by atoms with Crippen molar-refractivity contribution in [1.82, 2.24) is 14.9 Å². The van der Waals surface area contributed by atoms with Gasteiger partial charge in [-0.2, -0.15) is 0 Å². The fourth-order valence-electron chi connectivity index (χ4n) is 5.09. The van der Waals surface area contributed by atoms with Crippen molar-refractivity contribution in [1.29, 1.82) is 0 Å². The van der Waals surface area contributed by atoms with Crippen LogP contribution in [0, 0.1) is 0 Å². The molecule has 2 N–H and O–H groups in total. The van der Waals surface area contributed by atoms with Gasteiger partial charge in [0.25, 0.3) is 11.5 Å². The van der Waals surface area contributed by atoms with Gasteiger partial charge in [0, 0.05) is 43.3 Å². The molecule has 7 nitrogen and oxygen atoms in total. The van der Waals surface area contributed by atoms with Gasteiger partial charge in [0.15, 0.2) is 0 Å². The lowest BCUT2D eigenvalue weighted by atomic mass is 9.91. The smallest absolute Gasteiger partial charge is 0.274 e. The lowest BCUT2D eigenvalue weighted by molar-refractivity contribution is -0.120. The number of anilines is 1. The van der Waals surface area contributed by atoms with Gasteiger partial charge in [-0.25, -0.2) is 0 Å². The van der Waals surface area contributed by atoms with E-state index in [2.05, 4.69) is 10.3 Å². The van der Waals surface area contributed by atoms with Crippen molar-refractivity contribution in [3.63, 3.8) is 0 Å². The van der Waals surface area contributed by atoms with Gasteiger partial charge in [0.05, 0.1) is 5.41 Å². The topological polar surface area (TPSA) is 87.2 Å². The molecule has 3 heterocycles. The molecule has 6 rings (SSSR count). The number of aryl methyl sites for hydroxylation is 1. The van der Waals surface area contributed by atoms with Crippen LogP contribution in [0.5, 0.6) is 0 Å². The molecule has 1 aromatic carbocycles. The van der Waals surface area contributed by atoms with Gasteiger partial charge in [-0.05, 0) is 42.5 Å². The average Bonchev–Trinajstić information content (AvgIpc) is 3.64. The third kappa shape index (κ3) is 2.17. The van der Waals surface area contributed by atoms with E-state index >= 15 is 0 Å². The van der Waals surface area contributed by atoms with Crippen LogP contribution in [0.2, 0.25) is 0 Å². The lowest BCUT2D eigenvalue weighted by Crippen LogP contribution is -2.29. The molecule has 30 heavy (non-hydrogen) atoms. The average molecular weight is 402 g/mol. The van der Waals surface area contributed by atoms with E-state index in [0.717, 1.165) is 35.0 Å². The Morgan fingerprint density at radius 2 is 1.97 bits per heavy atom. The zero-order valence-electron chi connectivity index (χ0n) is 16.9. The van der Waals surface area contributed by atoms with E-state index in [0.29, 0.717) is 17.6 Å². The number of fused-ring (bicyclic) bond motifs is 3. The van der Waals surface area contributed by atoms with E-state index in [1.807, 2.05) is 37.5 Å². The van der Waals surface area contributed by atoms with Crippen LogP contribution in [0.1, 0.15) is 46.8 Å². The Morgan fingerprint density at radius 1 is 1.20 bits per heavy atom. The summed E-state index contributed by atoms with van der Waals surface area (Å²) in [6, 6.07) is 9.92. The molecule has 2 fully saturated rings. The predicted molar refractivity (Wildman–Crippen MR) is 113 cm³/mol. The van der Waals surface area contributed by atoms with Gasteiger partial charge in [0.2, 0.25) is 5.91 Å². The summed E-state index contributed by atoms with van der Waals surface area (Å²) in [6.07, 6.45) is 4.53. The monoisotopic (exact) mass is 402 g/mol. The molecule has 3 aliphatic rings. The molecule has 2 aromatic heterocycles. The molecule has 3 aromatic rings. The number of carbonyl (C=O) groups excluding carboxylic acids is 2. The fourth-order valence-corrected chi connectivity index (χ4v) is 5.09. The largest absolute Gasteiger partial charge is 0.348 e. The molecule has 0 radical (unpaired) electrons. The molecule has 0 unspecified atom stereocenters. The van der Waals surface area contributed by atoms with Crippen molar-refractivity contribution < 1.29 is 9.59 Å². The van der Waals surface area contributed by atoms with Gasteiger partial charge in [-0.3, -0.25) is 14.4 Å². The summed E-state index contributed by atoms with van der Waals surface area (Å²) >= 11 is 0. The summed E-state index contributed by atoms with van der Waals surface area (Å²) in [5.41, 5.74) is 2.99. The number of pyridine rings is 1. The number of aromatic amines is 1. The molecule has 2 amide bonds. The van der Waals surface area contributed by atoms with Gasteiger partial charge in [-0.15, -0.1) is 0 Å². The zero-order chi connectivity index (χ0) is 20.8. The molecule has 0 saturated heterocycles. The zero-order valence-corrected chi connectivity index (χ0v) is 16.9. The molecule has 2 aliphatic carbocycles. The third-order valence-electron chi connectivity index (χ3n) is 6.92. The first kappa shape index (κ1) is 17.5. The predicted octanol–water partition coefficient (Wildman–Crippen LogP) is 2.16. The van der Waals surface area contributed by atoms with E-state index in [4.69, 9.17) is 0 Å². The second-order valence-corrected chi connectivity index (χ2v) is 8.83.